The van der Waals surface area contributed by atoms with E-state index in [1.54, 1.807) is 29.2 Å². The Bertz CT molecular complexity index is 739. The summed E-state index contributed by atoms with van der Waals surface area (Å²) in [6, 6.07) is 12.0. The largest absolute Gasteiger partial charge is 0.332 e. The molecule has 0 aliphatic carbocycles. The molecule has 0 saturated carbocycles. The van der Waals surface area contributed by atoms with Gasteiger partial charge in [-0.15, -0.1) is 17.9 Å². The van der Waals surface area contributed by atoms with E-state index in [-0.39, 0.29) is 18.4 Å². The van der Waals surface area contributed by atoms with Gasteiger partial charge in [-0.2, -0.15) is 0 Å². The Kier molecular flexibility index (Phi) is 7.60. The lowest BCUT2D eigenvalue weighted by Crippen LogP contribution is -2.42. The van der Waals surface area contributed by atoms with E-state index in [0.29, 0.717) is 26.1 Å². The molecule has 0 saturated heterocycles. The molecule has 5 heteroatoms. The van der Waals surface area contributed by atoms with Gasteiger partial charge in [0.2, 0.25) is 11.8 Å². The van der Waals surface area contributed by atoms with Crippen LogP contribution in [0.3, 0.4) is 0 Å². The minimum absolute atomic E-state index is 0.0368. The average Bonchev–Trinajstić information content (AvgIpc) is 3.05. The van der Waals surface area contributed by atoms with E-state index >= 15 is 0 Å². The van der Waals surface area contributed by atoms with Crippen LogP contribution in [-0.2, 0) is 22.7 Å². The molecule has 2 amide bonds. The van der Waals surface area contributed by atoms with E-state index in [1.807, 2.05) is 40.6 Å². The van der Waals surface area contributed by atoms with Crippen LogP contribution in [0.15, 0.2) is 54.4 Å². The summed E-state index contributed by atoms with van der Waals surface area (Å²) >= 11 is 1.66. The third kappa shape index (κ3) is 5.56. The van der Waals surface area contributed by atoms with Crippen LogP contribution in [0, 0.1) is 6.92 Å². The fourth-order valence-electron chi connectivity index (χ4n) is 2.67. The molecule has 0 atom stereocenters. The zero-order valence-electron chi connectivity index (χ0n) is 15.5. The molecule has 4 nitrogen and oxygen atoms in total. The molecule has 0 radical (unpaired) electrons. The average molecular weight is 371 g/mol. The number of hydrogen-bond acceptors (Lipinski definition) is 3. The van der Waals surface area contributed by atoms with Crippen molar-refractivity contribution in [1.29, 1.82) is 0 Å². The summed E-state index contributed by atoms with van der Waals surface area (Å²) in [5.41, 5.74) is 2.26. The smallest absolute Gasteiger partial charge is 0.242 e. The summed E-state index contributed by atoms with van der Waals surface area (Å²) in [6.45, 7) is 9.10. The Balaban J connectivity index is 2.18. The molecule has 0 bridgehead atoms. The lowest BCUT2D eigenvalue weighted by Gasteiger charge is -2.27. The molecular formula is C21H26N2O2S. The first-order chi connectivity index (χ1) is 12.5. The van der Waals surface area contributed by atoms with Crippen LogP contribution in [0.5, 0.6) is 0 Å². The monoisotopic (exact) mass is 370 g/mol. The van der Waals surface area contributed by atoms with Crippen molar-refractivity contribution in [1.82, 2.24) is 9.80 Å². The van der Waals surface area contributed by atoms with Gasteiger partial charge in [-0.3, -0.25) is 9.59 Å². The zero-order valence-corrected chi connectivity index (χ0v) is 16.3. The number of carbonyl (C=O) groups is 2. The van der Waals surface area contributed by atoms with Crippen molar-refractivity contribution in [2.24, 2.45) is 0 Å². The summed E-state index contributed by atoms with van der Waals surface area (Å²) in [6.07, 6.45) is 2.04. The normalized spacial score (nSPS) is 10.4. The van der Waals surface area contributed by atoms with E-state index in [4.69, 9.17) is 0 Å². The molecule has 0 aliphatic rings. The molecular weight excluding hydrogens is 344 g/mol. The van der Waals surface area contributed by atoms with Gasteiger partial charge in [0.1, 0.15) is 6.54 Å². The number of benzene rings is 1. The lowest BCUT2D eigenvalue weighted by molar-refractivity contribution is -0.140. The Morgan fingerprint density at radius 2 is 1.81 bits per heavy atom. The standard InChI is InChI=1S/C21H26N2O2S/c1-4-12-22(20(24)5-2)16-21(25)23(14-18-9-7-6-8-10-18)15-19-17(3)11-13-26-19/h4,6-11,13H,1,5,12,14-16H2,2-3H3. The number of aryl methyl sites for hydroxylation is 1. The summed E-state index contributed by atoms with van der Waals surface area (Å²) in [5.74, 6) is -0.0875. The first-order valence-corrected chi connectivity index (χ1v) is 9.66. The second-order valence-electron chi connectivity index (χ2n) is 6.18. The van der Waals surface area contributed by atoms with Crippen molar-refractivity contribution >= 4 is 23.2 Å². The van der Waals surface area contributed by atoms with Crippen molar-refractivity contribution in [3.05, 3.63) is 70.4 Å². The highest BCUT2D eigenvalue weighted by atomic mass is 32.1. The number of thiophene rings is 1. The van der Waals surface area contributed by atoms with Crippen molar-refractivity contribution in [3.8, 4) is 0 Å². The van der Waals surface area contributed by atoms with Gasteiger partial charge in [0.25, 0.3) is 0 Å². The summed E-state index contributed by atoms with van der Waals surface area (Å²) in [5, 5.41) is 2.04. The molecule has 1 aromatic carbocycles. The maximum absolute atomic E-state index is 13.0. The Morgan fingerprint density at radius 1 is 1.08 bits per heavy atom. The highest BCUT2D eigenvalue weighted by Gasteiger charge is 2.21. The molecule has 26 heavy (non-hydrogen) atoms. The van der Waals surface area contributed by atoms with Gasteiger partial charge >= 0.3 is 0 Å². The van der Waals surface area contributed by atoms with Crippen molar-refractivity contribution in [3.63, 3.8) is 0 Å². The Morgan fingerprint density at radius 3 is 2.38 bits per heavy atom. The first kappa shape index (κ1) is 19.9. The highest BCUT2D eigenvalue weighted by molar-refractivity contribution is 7.10. The number of rotatable bonds is 9. The van der Waals surface area contributed by atoms with Gasteiger partial charge in [-0.1, -0.05) is 43.3 Å². The van der Waals surface area contributed by atoms with Crippen molar-refractivity contribution in [2.45, 2.75) is 33.4 Å². The highest BCUT2D eigenvalue weighted by Crippen LogP contribution is 2.19. The molecule has 0 aliphatic heterocycles. The molecule has 2 aromatic rings. The molecule has 0 N–H and O–H groups in total. The minimum atomic E-state index is -0.0506. The maximum Gasteiger partial charge on any atom is 0.242 e. The quantitative estimate of drug-likeness (QED) is 0.626. The Labute approximate surface area is 159 Å². The molecule has 138 valence electrons. The summed E-state index contributed by atoms with van der Waals surface area (Å²) < 4.78 is 0. The second kappa shape index (κ2) is 9.92. The molecule has 2 rings (SSSR count). The van der Waals surface area contributed by atoms with Crippen LogP contribution >= 0.6 is 11.3 Å². The molecule has 1 heterocycles. The Hall–Kier alpha value is -2.40. The van der Waals surface area contributed by atoms with Crippen molar-refractivity contribution in [2.75, 3.05) is 13.1 Å². The number of nitrogens with zero attached hydrogens (tertiary/aromatic N) is 2. The summed E-state index contributed by atoms with van der Waals surface area (Å²) in [7, 11) is 0. The van der Waals surface area contributed by atoms with Crippen LogP contribution in [0.1, 0.15) is 29.3 Å². The number of carbonyl (C=O) groups excluding carboxylic acids is 2. The van der Waals surface area contributed by atoms with Crippen molar-refractivity contribution < 1.29 is 9.59 Å². The lowest BCUT2D eigenvalue weighted by atomic mass is 10.2. The third-order valence-electron chi connectivity index (χ3n) is 4.20. The fourth-order valence-corrected chi connectivity index (χ4v) is 3.59. The fraction of sp³-hybridized carbons (Fsp3) is 0.333. The predicted molar refractivity (Wildman–Crippen MR) is 107 cm³/mol. The van der Waals surface area contributed by atoms with E-state index in [9.17, 15) is 9.59 Å². The van der Waals surface area contributed by atoms with E-state index in [1.165, 1.54) is 10.4 Å². The van der Waals surface area contributed by atoms with Gasteiger partial charge in [-0.05, 0) is 29.5 Å². The zero-order chi connectivity index (χ0) is 18.9. The van der Waals surface area contributed by atoms with E-state index in [0.717, 1.165) is 5.56 Å². The minimum Gasteiger partial charge on any atom is -0.332 e. The van der Waals surface area contributed by atoms with Crippen LogP contribution in [0.2, 0.25) is 0 Å². The number of amides is 2. The summed E-state index contributed by atoms with van der Waals surface area (Å²) in [4.78, 5) is 29.7. The second-order valence-corrected chi connectivity index (χ2v) is 7.18. The SMILES string of the molecule is C=CCN(CC(=O)N(Cc1ccccc1)Cc1sccc1C)C(=O)CC. The van der Waals surface area contributed by atoms with Gasteiger partial charge < -0.3 is 9.80 Å². The molecule has 0 unspecified atom stereocenters. The first-order valence-electron chi connectivity index (χ1n) is 8.78. The molecule has 1 aromatic heterocycles. The van der Waals surface area contributed by atoms with E-state index in [2.05, 4.69) is 19.6 Å². The third-order valence-corrected chi connectivity index (χ3v) is 5.21. The topological polar surface area (TPSA) is 40.6 Å². The van der Waals surface area contributed by atoms with Gasteiger partial charge in [0.15, 0.2) is 0 Å². The maximum atomic E-state index is 13.0. The van der Waals surface area contributed by atoms with Gasteiger partial charge in [0.05, 0.1) is 6.54 Å². The van der Waals surface area contributed by atoms with Gasteiger partial charge in [-0.25, -0.2) is 0 Å². The molecule has 0 spiro atoms. The van der Waals surface area contributed by atoms with Crippen LogP contribution in [-0.4, -0.2) is 34.7 Å². The van der Waals surface area contributed by atoms with E-state index < -0.39 is 0 Å². The number of hydrogen-bond donors (Lipinski definition) is 0. The van der Waals surface area contributed by atoms with Crippen LogP contribution in [0.4, 0.5) is 0 Å². The van der Waals surface area contributed by atoms with Gasteiger partial charge in [0, 0.05) is 24.4 Å². The predicted octanol–water partition coefficient (Wildman–Crippen LogP) is 4.01. The molecule has 0 fully saturated rings. The van der Waals surface area contributed by atoms with Crippen LogP contribution < -0.4 is 0 Å². The van der Waals surface area contributed by atoms with Crippen LogP contribution in [0.25, 0.3) is 0 Å².